The Morgan fingerprint density at radius 3 is 2.61 bits per heavy atom. The third-order valence-electron chi connectivity index (χ3n) is 3.82. The second-order valence-electron chi connectivity index (χ2n) is 5.11. The number of allylic oxidation sites excluding steroid dienone is 4. The van der Waals surface area contributed by atoms with Gasteiger partial charge in [0.1, 0.15) is 0 Å². The first-order chi connectivity index (χ1) is 8.95. The smallest absolute Gasteiger partial charge is 0.0466 e. The second-order valence-corrected chi connectivity index (χ2v) is 5.11. The van der Waals surface area contributed by atoms with E-state index in [4.69, 9.17) is 4.74 Å². The van der Waals surface area contributed by atoms with E-state index in [0.717, 1.165) is 13.2 Å². The van der Waals surface area contributed by atoms with E-state index in [-0.39, 0.29) is 0 Å². The molecule has 3 aliphatic rings. The van der Waals surface area contributed by atoms with Crippen molar-refractivity contribution < 1.29 is 4.74 Å². The monoisotopic (exact) mass is 240 g/mol. The van der Waals surface area contributed by atoms with Gasteiger partial charge >= 0.3 is 0 Å². The van der Waals surface area contributed by atoms with E-state index < -0.39 is 0 Å². The third kappa shape index (κ3) is 2.41. The molecule has 0 bridgehead atoms. The Hall–Kier alpha value is -1.34. The first kappa shape index (κ1) is 11.7. The van der Waals surface area contributed by atoms with Crippen LogP contribution in [0.3, 0.4) is 0 Å². The Balaban J connectivity index is 0.000000169. The summed E-state index contributed by atoms with van der Waals surface area (Å²) in [5, 5.41) is 0. The Labute approximate surface area is 109 Å². The van der Waals surface area contributed by atoms with Crippen molar-refractivity contribution >= 4 is 5.57 Å². The lowest BCUT2D eigenvalue weighted by molar-refractivity contribution is 0.198. The molecule has 1 saturated heterocycles. The highest BCUT2D eigenvalue weighted by atomic mass is 16.5. The van der Waals surface area contributed by atoms with E-state index in [0.29, 0.717) is 0 Å². The summed E-state index contributed by atoms with van der Waals surface area (Å²) in [6, 6.07) is 8.77. The Bertz CT molecular complexity index is 471. The molecule has 1 heterocycles. The Kier molecular flexibility index (Phi) is 3.61. The highest BCUT2D eigenvalue weighted by Gasteiger charge is 2.19. The zero-order valence-electron chi connectivity index (χ0n) is 10.8. The number of benzene rings is 1. The molecular formula is C17H20O. The minimum absolute atomic E-state index is 1.00. The van der Waals surface area contributed by atoms with E-state index >= 15 is 0 Å². The van der Waals surface area contributed by atoms with Crippen LogP contribution in [0.15, 0.2) is 42.0 Å². The topological polar surface area (TPSA) is 9.23 Å². The molecule has 1 aliphatic heterocycles. The summed E-state index contributed by atoms with van der Waals surface area (Å²) in [6.07, 6.45) is 10.8. The average Bonchev–Trinajstić information content (AvgIpc) is 3.10. The molecule has 4 rings (SSSR count). The molecule has 1 heteroatoms. The van der Waals surface area contributed by atoms with Gasteiger partial charge in [0, 0.05) is 13.2 Å². The van der Waals surface area contributed by atoms with Crippen LogP contribution in [0.25, 0.3) is 5.57 Å². The van der Waals surface area contributed by atoms with Crippen molar-refractivity contribution in [2.75, 3.05) is 13.2 Å². The quantitative estimate of drug-likeness (QED) is 0.662. The summed E-state index contributed by atoms with van der Waals surface area (Å²) in [7, 11) is 0. The van der Waals surface area contributed by atoms with E-state index in [1.807, 2.05) is 0 Å². The number of ether oxygens (including phenoxy) is 1. The maximum Gasteiger partial charge on any atom is 0.0466 e. The lowest BCUT2D eigenvalue weighted by Gasteiger charge is -2.07. The van der Waals surface area contributed by atoms with Gasteiger partial charge in [-0.1, -0.05) is 42.0 Å². The maximum absolute atomic E-state index is 4.94. The van der Waals surface area contributed by atoms with Gasteiger partial charge < -0.3 is 4.74 Å². The van der Waals surface area contributed by atoms with Crippen molar-refractivity contribution in [3.8, 4) is 0 Å². The first-order valence-electron chi connectivity index (χ1n) is 7.00. The predicted molar refractivity (Wildman–Crippen MR) is 75.5 cm³/mol. The summed E-state index contributed by atoms with van der Waals surface area (Å²) >= 11 is 0. The van der Waals surface area contributed by atoms with Gasteiger partial charge in [-0.3, -0.25) is 0 Å². The molecule has 0 N–H and O–H groups in total. The SMILES string of the molecule is C1=CC2=C(CC1)Cc1ccccc12.C1CCOC1. The fourth-order valence-corrected chi connectivity index (χ4v) is 2.85. The van der Waals surface area contributed by atoms with Crippen molar-refractivity contribution in [1.82, 2.24) is 0 Å². The molecule has 1 fully saturated rings. The van der Waals surface area contributed by atoms with Crippen LogP contribution < -0.4 is 0 Å². The van der Waals surface area contributed by atoms with E-state index in [2.05, 4.69) is 36.4 Å². The predicted octanol–water partition coefficient (Wildman–Crippen LogP) is 4.14. The summed E-state index contributed by atoms with van der Waals surface area (Å²) in [6.45, 7) is 2.00. The first-order valence-corrected chi connectivity index (χ1v) is 7.00. The molecular weight excluding hydrogens is 220 g/mol. The lowest BCUT2D eigenvalue weighted by Crippen LogP contribution is -1.87. The fourth-order valence-electron chi connectivity index (χ4n) is 2.85. The highest BCUT2D eigenvalue weighted by Crippen LogP contribution is 2.37. The second kappa shape index (κ2) is 5.53. The number of hydrogen-bond donors (Lipinski definition) is 0. The number of hydrogen-bond acceptors (Lipinski definition) is 1. The highest BCUT2D eigenvalue weighted by molar-refractivity contribution is 5.83. The lowest BCUT2D eigenvalue weighted by atomic mass is 9.98. The summed E-state index contributed by atoms with van der Waals surface area (Å²) in [4.78, 5) is 0. The normalized spacial score (nSPS) is 20.2. The van der Waals surface area contributed by atoms with Crippen molar-refractivity contribution in [2.24, 2.45) is 0 Å². The van der Waals surface area contributed by atoms with Crippen LogP contribution in [0.5, 0.6) is 0 Å². The molecule has 1 nitrogen and oxygen atoms in total. The maximum atomic E-state index is 4.94. The number of rotatable bonds is 0. The molecule has 0 saturated carbocycles. The van der Waals surface area contributed by atoms with Gasteiger partial charge in [-0.2, -0.15) is 0 Å². The molecule has 94 valence electrons. The van der Waals surface area contributed by atoms with Crippen molar-refractivity contribution in [3.63, 3.8) is 0 Å². The van der Waals surface area contributed by atoms with Gasteiger partial charge in [-0.25, -0.2) is 0 Å². The van der Waals surface area contributed by atoms with Crippen LogP contribution in [-0.4, -0.2) is 13.2 Å². The summed E-state index contributed by atoms with van der Waals surface area (Å²) in [5.41, 5.74) is 6.12. The van der Waals surface area contributed by atoms with Crippen LogP contribution in [0.2, 0.25) is 0 Å². The van der Waals surface area contributed by atoms with Gasteiger partial charge in [0.25, 0.3) is 0 Å². The van der Waals surface area contributed by atoms with Gasteiger partial charge in [0.05, 0.1) is 0 Å². The van der Waals surface area contributed by atoms with Crippen LogP contribution in [-0.2, 0) is 11.2 Å². The largest absolute Gasteiger partial charge is 0.381 e. The van der Waals surface area contributed by atoms with E-state index in [1.54, 1.807) is 5.57 Å². The van der Waals surface area contributed by atoms with E-state index in [9.17, 15) is 0 Å². The van der Waals surface area contributed by atoms with Crippen molar-refractivity contribution in [2.45, 2.75) is 32.1 Å². The number of fused-ring (bicyclic) bond motifs is 2. The van der Waals surface area contributed by atoms with Gasteiger partial charge in [-0.05, 0) is 48.8 Å². The molecule has 0 atom stereocenters. The van der Waals surface area contributed by atoms with Crippen LogP contribution in [0, 0.1) is 0 Å². The molecule has 0 spiro atoms. The molecule has 1 aromatic rings. The molecule has 2 aliphatic carbocycles. The van der Waals surface area contributed by atoms with Crippen LogP contribution >= 0.6 is 0 Å². The van der Waals surface area contributed by atoms with Crippen molar-refractivity contribution in [1.29, 1.82) is 0 Å². The van der Waals surface area contributed by atoms with Gasteiger partial charge in [-0.15, -0.1) is 0 Å². The minimum atomic E-state index is 1.00. The van der Waals surface area contributed by atoms with Crippen molar-refractivity contribution in [3.05, 3.63) is 53.1 Å². The molecule has 0 amide bonds. The van der Waals surface area contributed by atoms with Crippen LogP contribution in [0.1, 0.15) is 36.8 Å². The standard InChI is InChI=1S/C13H12.C4H8O/c1-3-7-12-10(5-1)9-11-6-2-4-8-13(11)12;1-2-4-5-3-1/h1,3-5,7-8H,2,6,9H2;1-4H2. The third-order valence-corrected chi connectivity index (χ3v) is 3.82. The van der Waals surface area contributed by atoms with Crippen LogP contribution in [0.4, 0.5) is 0 Å². The molecule has 0 aromatic heterocycles. The molecule has 18 heavy (non-hydrogen) atoms. The van der Waals surface area contributed by atoms with E-state index in [1.165, 1.54) is 48.8 Å². The van der Waals surface area contributed by atoms with Gasteiger partial charge in [0.15, 0.2) is 0 Å². The summed E-state index contributed by atoms with van der Waals surface area (Å²) in [5.74, 6) is 0. The summed E-state index contributed by atoms with van der Waals surface area (Å²) < 4.78 is 4.94. The molecule has 0 unspecified atom stereocenters. The average molecular weight is 240 g/mol. The zero-order valence-corrected chi connectivity index (χ0v) is 10.8. The van der Waals surface area contributed by atoms with Gasteiger partial charge in [0.2, 0.25) is 0 Å². The Morgan fingerprint density at radius 2 is 1.83 bits per heavy atom. The zero-order chi connectivity index (χ0) is 12.2. The molecule has 1 aromatic carbocycles. The Morgan fingerprint density at radius 1 is 1.00 bits per heavy atom. The minimum Gasteiger partial charge on any atom is -0.381 e. The molecule has 0 radical (unpaired) electrons. The fraction of sp³-hybridized carbons (Fsp3) is 0.412.